The second-order valence-corrected chi connectivity index (χ2v) is 6.72. The fraction of sp³-hybridized carbons (Fsp3) is 0.562. The van der Waals surface area contributed by atoms with Gasteiger partial charge in [0.25, 0.3) is 0 Å². The van der Waals surface area contributed by atoms with Gasteiger partial charge in [-0.3, -0.25) is 0 Å². The zero-order valence-corrected chi connectivity index (χ0v) is 13.9. The summed E-state index contributed by atoms with van der Waals surface area (Å²) < 4.78 is 7.31. The van der Waals surface area contributed by atoms with E-state index in [2.05, 4.69) is 21.6 Å². The highest BCUT2D eigenvalue weighted by Gasteiger charge is 2.23. The summed E-state index contributed by atoms with van der Waals surface area (Å²) in [5.74, 6) is 1.52. The third-order valence-corrected chi connectivity index (χ3v) is 3.22. The lowest BCUT2D eigenvalue weighted by atomic mass is 9.96. The molecule has 1 aromatic carbocycles. The Bertz CT molecular complexity index is 611. The summed E-state index contributed by atoms with van der Waals surface area (Å²) in [6.45, 7) is 10.7. The van der Waals surface area contributed by atoms with Crippen molar-refractivity contribution < 1.29 is 9.84 Å². The van der Waals surface area contributed by atoms with E-state index in [1.165, 1.54) is 0 Å². The van der Waals surface area contributed by atoms with Gasteiger partial charge in [-0.1, -0.05) is 26.8 Å². The normalized spacial score (nSPS) is 13.2. The molecule has 0 spiro atoms. The predicted octanol–water partition coefficient (Wildman–Crippen LogP) is 2.03. The van der Waals surface area contributed by atoms with Crippen LogP contribution in [0.25, 0.3) is 0 Å². The van der Waals surface area contributed by atoms with Crippen molar-refractivity contribution >= 4 is 0 Å². The average molecular weight is 304 g/mol. The molecule has 0 aliphatic rings. The van der Waals surface area contributed by atoms with Gasteiger partial charge in [0.1, 0.15) is 18.5 Å². The fourth-order valence-electron chi connectivity index (χ4n) is 2.33. The van der Waals surface area contributed by atoms with Gasteiger partial charge in [-0.05, 0) is 47.5 Å². The number of hydrogen-bond donors (Lipinski definition) is 1. The molecule has 120 valence electrons. The molecule has 6 heteroatoms. The number of nitrogens with zero attached hydrogens (tertiary/aromatic N) is 4. The third-order valence-electron chi connectivity index (χ3n) is 3.22. The van der Waals surface area contributed by atoms with Crippen molar-refractivity contribution in [2.24, 2.45) is 0 Å². The van der Waals surface area contributed by atoms with Gasteiger partial charge < -0.3 is 9.84 Å². The number of ether oxygens (including phenoxy) is 1. The fourth-order valence-corrected chi connectivity index (χ4v) is 2.33. The maximum atomic E-state index is 10.2. The monoisotopic (exact) mass is 304 g/mol. The van der Waals surface area contributed by atoms with Crippen LogP contribution in [0.15, 0.2) is 18.2 Å². The van der Waals surface area contributed by atoms with E-state index in [0.29, 0.717) is 6.54 Å². The van der Waals surface area contributed by atoms with Crippen LogP contribution in [-0.4, -0.2) is 38.0 Å². The van der Waals surface area contributed by atoms with E-state index >= 15 is 0 Å². The van der Waals surface area contributed by atoms with Crippen LogP contribution in [-0.2, 0) is 12.0 Å². The van der Waals surface area contributed by atoms with Crippen molar-refractivity contribution in [2.45, 2.75) is 52.7 Å². The summed E-state index contributed by atoms with van der Waals surface area (Å²) in [5, 5.41) is 21.8. The van der Waals surface area contributed by atoms with Crippen LogP contribution in [0.5, 0.6) is 5.75 Å². The molecule has 0 saturated carbocycles. The highest BCUT2D eigenvalue weighted by atomic mass is 16.5. The predicted molar refractivity (Wildman–Crippen MR) is 83.9 cm³/mol. The van der Waals surface area contributed by atoms with Crippen LogP contribution in [0.3, 0.4) is 0 Å². The molecule has 6 nitrogen and oxygen atoms in total. The molecule has 1 aromatic heterocycles. The zero-order valence-electron chi connectivity index (χ0n) is 13.9. The molecular weight excluding hydrogens is 280 g/mol. The Morgan fingerprint density at radius 3 is 2.41 bits per heavy atom. The van der Waals surface area contributed by atoms with Crippen molar-refractivity contribution in [3.63, 3.8) is 0 Å². The lowest BCUT2D eigenvalue weighted by molar-refractivity contribution is 0.0870. The van der Waals surface area contributed by atoms with E-state index < -0.39 is 6.10 Å². The number of rotatable bonds is 5. The first-order valence-electron chi connectivity index (χ1n) is 7.41. The van der Waals surface area contributed by atoms with Crippen molar-refractivity contribution in [1.82, 2.24) is 20.2 Å². The standard InChI is InChI=1S/C16H24N4O2/c1-11-6-12(2)8-14(7-11)22-10-13(21)9-20-15(16(3,4)5)17-18-19-20/h6-8,13,21H,9-10H2,1-5H3. The first-order valence-corrected chi connectivity index (χ1v) is 7.41. The zero-order chi connectivity index (χ0) is 16.3. The number of benzene rings is 1. The molecule has 2 aromatic rings. The Hall–Kier alpha value is -1.95. The number of tetrazole rings is 1. The van der Waals surface area contributed by atoms with Gasteiger partial charge in [0.15, 0.2) is 5.82 Å². The largest absolute Gasteiger partial charge is 0.491 e. The highest BCUT2D eigenvalue weighted by Crippen LogP contribution is 2.19. The van der Waals surface area contributed by atoms with Crippen molar-refractivity contribution in [2.75, 3.05) is 6.61 Å². The smallest absolute Gasteiger partial charge is 0.156 e. The van der Waals surface area contributed by atoms with Gasteiger partial charge in [-0.2, -0.15) is 0 Å². The number of aromatic nitrogens is 4. The summed E-state index contributed by atoms with van der Waals surface area (Å²) in [4.78, 5) is 0. The molecule has 1 N–H and O–H groups in total. The Morgan fingerprint density at radius 1 is 1.18 bits per heavy atom. The van der Waals surface area contributed by atoms with Crippen LogP contribution >= 0.6 is 0 Å². The number of aliphatic hydroxyl groups is 1. The molecule has 1 heterocycles. The molecule has 0 aliphatic carbocycles. The van der Waals surface area contributed by atoms with Gasteiger partial charge in [0.2, 0.25) is 0 Å². The Kier molecular flexibility index (Phi) is 4.81. The maximum Gasteiger partial charge on any atom is 0.156 e. The number of aryl methyl sites for hydroxylation is 2. The van der Waals surface area contributed by atoms with Crippen molar-refractivity contribution in [3.05, 3.63) is 35.2 Å². The summed E-state index contributed by atoms with van der Waals surface area (Å²) >= 11 is 0. The second-order valence-electron chi connectivity index (χ2n) is 6.72. The van der Waals surface area contributed by atoms with E-state index in [4.69, 9.17) is 4.74 Å². The minimum absolute atomic E-state index is 0.169. The van der Waals surface area contributed by atoms with Gasteiger partial charge >= 0.3 is 0 Å². The molecule has 0 amide bonds. The summed E-state index contributed by atoms with van der Waals surface area (Å²) in [7, 11) is 0. The summed E-state index contributed by atoms with van der Waals surface area (Å²) in [5.41, 5.74) is 2.11. The molecule has 0 radical (unpaired) electrons. The Morgan fingerprint density at radius 2 is 1.82 bits per heavy atom. The maximum absolute atomic E-state index is 10.2. The van der Waals surface area contributed by atoms with E-state index in [-0.39, 0.29) is 12.0 Å². The van der Waals surface area contributed by atoms with Gasteiger partial charge in [0, 0.05) is 5.41 Å². The molecule has 2 rings (SSSR count). The van der Waals surface area contributed by atoms with E-state index in [1.54, 1.807) is 4.68 Å². The van der Waals surface area contributed by atoms with Crippen LogP contribution in [0.4, 0.5) is 0 Å². The SMILES string of the molecule is Cc1cc(C)cc(OCC(O)Cn2nnnc2C(C)(C)C)c1. The topological polar surface area (TPSA) is 73.1 Å². The van der Waals surface area contributed by atoms with Crippen LogP contribution in [0, 0.1) is 13.8 Å². The Balaban J connectivity index is 1.96. The van der Waals surface area contributed by atoms with E-state index in [1.807, 2.05) is 46.8 Å². The molecule has 1 unspecified atom stereocenters. The summed E-state index contributed by atoms with van der Waals surface area (Å²) in [6, 6.07) is 5.99. The molecule has 0 bridgehead atoms. The molecule has 0 fully saturated rings. The molecule has 22 heavy (non-hydrogen) atoms. The van der Waals surface area contributed by atoms with Gasteiger partial charge in [-0.15, -0.1) is 5.10 Å². The van der Waals surface area contributed by atoms with Crippen LogP contribution in [0.2, 0.25) is 0 Å². The van der Waals surface area contributed by atoms with Crippen molar-refractivity contribution in [1.29, 1.82) is 0 Å². The van der Waals surface area contributed by atoms with Crippen LogP contribution in [0.1, 0.15) is 37.7 Å². The van der Waals surface area contributed by atoms with Crippen molar-refractivity contribution in [3.8, 4) is 5.75 Å². The first kappa shape index (κ1) is 16.4. The highest BCUT2D eigenvalue weighted by molar-refractivity contribution is 5.32. The van der Waals surface area contributed by atoms with Crippen LogP contribution < -0.4 is 4.74 Å². The Labute approximate surface area is 131 Å². The van der Waals surface area contributed by atoms with Gasteiger partial charge in [-0.25, -0.2) is 4.68 Å². The molecule has 1 atom stereocenters. The molecule has 0 saturated heterocycles. The lowest BCUT2D eigenvalue weighted by Crippen LogP contribution is -2.28. The van der Waals surface area contributed by atoms with E-state index in [9.17, 15) is 5.11 Å². The lowest BCUT2D eigenvalue weighted by Gasteiger charge is -2.19. The minimum Gasteiger partial charge on any atom is -0.491 e. The number of aliphatic hydroxyl groups excluding tert-OH is 1. The average Bonchev–Trinajstić information content (AvgIpc) is 2.83. The third kappa shape index (κ3) is 4.27. The second kappa shape index (κ2) is 6.44. The number of hydrogen-bond acceptors (Lipinski definition) is 5. The quantitative estimate of drug-likeness (QED) is 0.915. The summed E-state index contributed by atoms with van der Waals surface area (Å²) in [6.07, 6.45) is -0.676. The molecular formula is C16H24N4O2. The minimum atomic E-state index is -0.676. The van der Waals surface area contributed by atoms with Gasteiger partial charge in [0.05, 0.1) is 6.54 Å². The molecule has 0 aliphatic heterocycles. The van der Waals surface area contributed by atoms with E-state index in [0.717, 1.165) is 22.7 Å². The first-order chi connectivity index (χ1) is 10.3.